The molecule has 0 aromatic carbocycles. The van der Waals surface area contributed by atoms with Crippen molar-refractivity contribution in [2.24, 2.45) is 11.3 Å². The molecule has 138 valence electrons. The third kappa shape index (κ3) is 2.12. The zero-order chi connectivity index (χ0) is 18.2. The highest BCUT2D eigenvalue weighted by Gasteiger charge is 2.79. The fraction of sp³-hybridized carbons (Fsp3) is 0.750. The van der Waals surface area contributed by atoms with E-state index in [4.69, 9.17) is 13.9 Å². The van der Waals surface area contributed by atoms with Crippen molar-refractivity contribution in [3.63, 3.8) is 0 Å². The molecule has 2 fully saturated rings. The van der Waals surface area contributed by atoms with Crippen LogP contribution >= 0.6 is 0 Å². The van der Waals surface area contributed by atoms with Crippen molar-refractivity contribution in [2.75, 3.05) is 0 Å². The maximum Gasteiger partial charge on any atom is 0.306 e. The Morgan fingerprint density at radius 1 is 1.44 bits per heavy atom. The van der Waals surface area contributed by atoms with Crippen molar-refractivity contribution < 1.29 is 23.8 Å². The van der Waals surface area contributed by atoms with E-state index < -0.39 is 22.7 Å². The van der Waals surface area contributed by atoms with Crippen molar-refractivity contribution in [3.05, 3.63) is 23.2 Å². The second-order valence-corrected chi connectivity index (χ2v) is 8.91. The normalized spacial score (nSPS) is 41.7. The van der Waals surface area contributed by atoms with Crippen LogP contribution in [0.3, 0.4) is 0 Å². The third-order valence-electron chi connectivity index (χ3n) is 6.84. The van der Waals surface area contributed by atoms with Gasteiger partial charge in [0, 0.05) is 18.4 Å². The Bertz CT molecular complexity index is 718. The predicted octanol–water partition coefficient (Wildman–Crippen LogP) is 3.46. The van der Waals surface area contributed by atoms with Gasteiger partial charge in [-0.3, -0.25) is 4.79 Å². The van der Waals surface area contributed by atoms with Gasteiger partial charge in [0.1, 0.15) is 17.5 Å². The Balaban J connectivity index is 1.82. The molecule has 25 heavy (non-hydrogen) atoms. The molecule has 1 spiro atoms. The van der Waals surface area contributed by atoms with Crippen LogP contribution in [0.4, 0.5) is 0 Å². The van der Waals surface area contributed by atoms with Crippen molar-refractivity contribution >= 4 is 5.97 Å². The van der Waals surface area contributed by atoms with Gasteiger partial charge >= 0.3 is 5.97 Å². The molecule has 2 aliphatic carbocycles. The van der Waals surface area contributed by atoms with E-state index in [0.717, 1.165) is 23.3 Å². The SMILES string of the molecule is Cc1coc2c1C(OC(=O)CC(C)C)C1(C)C(C)(O)CCC3OC31C2. The molecule has 0 amide bonds. The molecule has 1 aromatic rings. The molecule has 1 aliphatic heterocycles. The second kappa shape index (κ2) is 5.10. The molecule has 5 atom stereocenters. The van der Waals surface area contributed by atoms with E-state index in [1.165, 1.54) is 0 Å². The monoisotopic (exact) mass is 348 g/mol. The standard InChI is InChI=1S/C20H28O5/c1-11(2)8-15(21)24-17-16-12(3)10-23-13(16)9-20-14(25-20)6-7-18(4,22)19(17,20)5/h10-11,14,17,22H,6-9H2,1-5H3. The van der Waals surface area contributed by atoms with Gasteiger partial charge < -0.3 is 19.0 Å². The highest BCUT2D eigenvalue weighted by atomic mass is 16.6. The number of carbonyl (C=O) groups excluding carboxylic acids is 1. The van der Waals surface area contributed by atoms with Crippen molar-refractivity contribution in [3.8, 4) is 0 Å². The summed E-state index contributed by atoms with van der Waals surface area (Å²) in [6.45, 7) is 9.84. The number of aryl methyl sites for hydroxylation is 1. The molecular weight excluding hydrogens is 320 g/mol. The van der Waals surface area contributed by atoms with Crippen LogP contribution in [0.25, 0.3) is 0 Å². The number of ether oxygens (including phenoxy) is 2. The molecule has 4 rings (SSSR count). The molecule has 5 nitrogen and oxygen atoms in total. The van der Waals surface area contributed by atoms with Crippen LogP contribution in [-0.2, 0) is 20.7 Å². The first-order chi connectivity index (χ1) is 11.6. The quantitative estimate of drug-likeness (QED) is 0.669. The lowest BCUT2D eigenvalue weighted by atomic mass is 9.51. The van der Waals surface area contributed by atoms with E-state index in [2.05, 4.69) is 0 Å². The van der Waals surface area contributed by atoms with Gasteiger partial charge in [0.15, 0.2) is 0 Å². The first kappa shape index (κ1) is 17.1. The van der Waals surface area contributed by atoms with E-state index in [1.807, 2.05) is 34.6 Å². The van der Waals surface area contributed by atoms with Gasteiger partial charge in [-0.25, -0.2) is 0 Å². The van der Waals surface area contributed by atoms with E-state index in [-0.39, 0.29) is 18.0 Å². The maximum absolute atomic E-state index is 12.5. The summed E-state index contributed by atoms with van der Waals surface area (Å²) in [7, 11) is 0. The number of hydrogen-bond acceptors (Lipinski definition) is 5. The molecule has 0 bridgehead atoms. The zero-order valence-electron chi connectivity index (χ0n) is 15.7. The fourth-order valence-corrected chi connectivity index (χ4v) is 5.15. The van der Waals surface area contributed by atoms with Crippen molar-refractivity contribution in [1.29, 1.82) is 0 Å². The van der Waals surface area contributed by atoms with Gasteiger partial charge in [-0.15, -0.1) is 0 Å². The summed E-state index contributed by atoms with van der Waals surface area (Å²) in [4.78, 5) is 12.5. The van der Waals surface area contributed by atoms with Gasteiger partial charge in [-0.1, -0.05) is 20.8 Å². The molecule has 5 heteroatoms. The number of aliphatic hydroxyl groups is 1. The lowest BCUT2D eigenvalue weighted by Crippen LogP contribution is -2.63. The first-order valence-corrected chi connectivity index (χ1v) is 9.29. The number of carbonyl (C=O) groups is 1. The van der Waals surface area contributed by atoms with Crippen LogP contribution in [0, 0.1) is 18.3 Å². The van der Waals surface area contributed by atoms with Gasteiger partial charge in [0.05, 0.1) is 23.4 Å². The minimum absolute atomic E-state index is 0.0996. The number of rotatable bonds is 3. The molecule has 1 aromatic heterocycles. The third-order valence-corrected chi connectivity index (χ3v) is 6.84. The summed E-state index contributed by atoms with van der Waals surface area (Å²) < 4.78 is 18.0. The Hall–Kier alpha value is -1.33. The van der Waals surface area contributed by atoms with E-state index in [0.29, 0.717) is 19.3 Å². The van der Waals surface area contributed by atoms with Gasteiger partial charge in [0.2, 0.25) is 0 Å². The number of hydrogen-bond donors (Lipinski definition) is 1. The average molecular weight is 348 g/mol. The highest BCUT2D eigenvalue weighted by molar-refractivity contribution is 5.70. The van der Waals surface area contributed by atoms with Crippen molar-refractivity contribution in [1.82, 2.24) is 0 Å². The molecule has 2 heterocycles. The molecule has 1 saturated heterocycles. The van der Waals surface area contributed by atoms with E-state index in [9.17, 15) is 9.90 Å². The number of epoxide rings is 1. The summed E-state index contributed by atoms with van der Waals surface area (Å²) >= 11 is 0. The molecule has 3 aliphatic rings. The highest BCUT2D eigenvalue weighted by Crippen LogP contribution is 2.70. The Morgan fingerprint density at radius 3 is 2.84 bits per heavy atom. The largest absolute Gasteiger partial charge is 0.469 e. The first-order valence-electron chi connectivity index (χ1n) is 9.29. The van der Waals surface area contributed by atoms with Crippen LogP contribution in [0.5, 0.6) is 0 Å². The molecule has 5 unspecified atom stereocenters. The average Bonchev–Trinajstić information content (AvgIpc) is 3.09. The van der Waals surface area contributed by atoms with E-state index in [1.54, 1.807) is 6.26 Å². The predicted molar refractivity (Wildman–Crippen MR) is 91.0 cm³/mol. The number of furan rings is 1. The topological polar surface area (TPSA) is 72.2 Å². The fourth-order valence-electron chi connectivity index (χ4n) is 5.15. The lowest BCUT2D eigenvalue weighted by molar-refractivity contribution is -0.203. The summed E-state index contributed by atoms with van der Waals surface area (Å²) in [5, 5.41) is 11.3. The van der Waals surface area contributed by atoms with Crippen LogP contribution in [0.15, 0.2) is 10.7 Å². The summed E-state index contributed by atoms with van der Waals surface area (Å²) in [6.07, 6.45) is 3.72. The van der Waals surface area contributed by atoms with Crippen LogP contribution in [-0.4, -0.2) is 28.4 Å². The molecule has 0 radical (unpaired) electrons. The number of esters is 1. The molecule has 1 N–H and O–H groups in total. The second-order valence-electron chi connectivity index (χ2n) is 8.91. The Kier molecular flexibility index (Phi) is 3.49. The molecule has 1 saturated carbocycles. The Labute approximate surface area is 148 Å². The van der Waals surface area contributed by atoms with Crippen LogP contribution < -0.4 is 0 Å². The van der Waals surface area contributed by atoms with Gasteiger partial charge in [-0.2, -0.15) is 0 Å². The molecular formula is C20H28O5. The summed E-state index contributed by atoms with van der Waals surface area (Å²) in [6, 6.07) is 0. The Morgan fingerprint density at radius 2 is 2.16 bits per heavy atom. The minimum atomic E-state index is -0.982. The van der Waals surface area contributed by atoms with E-state index >= 15 is 0 Å². The smallest absolute Gasteiger partial charge is 0.306 e. The maximum atomic E-state index is 12.5. The zero-order valence-corrected chi connectivity index (χ0v) is 15.7. The van der Waals surface area contributed by atoms with Gasteiger partial charge in [0.25, 0.3) is 0 Å². The van der Waals surface area contributed by atoms with Crippen LogP contribution in [0.2, 0.25) is 0 Å². The lowest BCUT2D eigenvalue weighted by Gasteiger charge is -2.54. The minimum Gasteiger partial charge on any atom is -0.469 e. The summed E-state index contributed by atoms with van der Waals surface area (Å²) in [5.74, 6) is 0.820. The van der Waals surface area contributed by atoms with Crippen LogP contribution in [0.1, 0.15) is 69.9 Å². The summed E-state index contributed by atoms with van der Waals surface area (Å²) in [5.41, 5.74) is -0.301. The number of fused-ring (bicyclic) bond motifs is 1. The van der Waals surface area contributed by atoms with Crippen molar-refractivity contribution in [2.45, 2.75) is 83.7 Å². The van der Waals surface area contributed by atoms with Gasteiger partial charge in [-0.05, 0) is 38.2 Å².